The molecule has 0 aliphatic heterocycles. The van der Waals surface area contributed by atoms with Gasteiger partial charge < -0.3 is 4.42 Å². The predicted octanol–water partition coefficient (Wildman–Crippen LogP) is 1.34. The summed E-state index contributed by atoms with van der Waals surface area (Å²) in [5.74, 6) is 0.438. The van der Waals surface area contributed by atoms with Gasteiger partial charge in [-0.05, 0) is 18.2 Å². The van der Waals surface area contributed by atoms with Gasteiger partial charge in [0.05, 0.1) is 0 Å². The highest BCUT2D eigenvalue weighted by atomic mass is 16.3. The molecule has 1 amide bonds. The van der Waals surface area contributed by atoms with Crippen LogP contribution in [-0.2, 0) is 0 Å². The van der Waals surface area contributed by atoms with Crippen LogP contribution in [0, 0.1) is 6.92 Å². The molecule has 0 atom stereocenters. The van der Waals surface area contributed by atoms with Crippen molar-refractivity contribution in [3.63, 3.8) is 0 Å². The SMILES string of the molecule is Cc1nc2cc(C(=O)NN(C)C)ccc2o1. The summed E-state index contributed by atoms with van der Waals surface area (Å²) in [6.45, 7) is 1.78. The Labute approximate surface area is 93.0 Å². The van der Waals surface area contributed by atoms with Crippen LogP contribution < -0.4 is 5.43 Å². The van der Waals surface area contributed by atoms with Crippen LogP contribution in [0.5, 0.6) is 0 Å². The molecule has 0 aliphatic rings. The number of carbonyl (C=O) groups excluding carboxylic acids is 1. The van der Waals surface area contributed by atoms with Crippen molar-refractivity contribution < 1.29 is 9.21 Å². The number of hydrogen-bond acceptors (Lipinski definition) is 4. The number of benzene rings is 1. The summed E-state index contributed by atoms with van der Waals surface area (Å²) in [6, 6.07) is 5.18. The summed E-state index contributed by atoms with van der Waals surface area (Å²) in [5.41, 5.74) is 4.62. The van der Waals surface area contributed by atoms with Crippen LogP contribution >= 0.6 is 0 Å². The molecule has 5 nitrogen and oxygen atoms in total. The number of fused-ring (bicyclic) bond motifs is 1. The van der Waals surface area contributed by atoms with Crippen LogP contribution in [0.3, 0.4) is 0 Å². The van der Waals surface area contributed by atoms with E-state index in [4.69, 9.17) is 4.42 Å². The van der Waals surface area contributed by atoms with Gasteiger partial charge in [-0.2, -0.15) is 0 Å². The molecule has 0 radical (unpaired) electrons. The van der Waals surface area contributed by atoms with Crippen LogP contribution in [0.2, 0.25) is 0 Å². The molecule has 0 spiro atoms. The van der Waals surface area contributed by atoms with Crippen molar-refractivity contribution in [2.75, 3.05) is 14.1 Å². The molecular weight excluding hydrogens is 206 g/mol. The summed E-state index contributed by atoms with van der Waals surface area (Å²) < 4.78 is 5.33. The molecule has 0 unspecified atom stereocenters. The molecule has 0 saturated carbocycles. The van der Waals surface area contributed by atoms with E-state index in [1.807, 2.05) is 0 Å². The predicted molar refractivity (Wildman–Crippen MR) is 59.9 cm³/mol. The monoisotopic (exact) mass is 219 g/mol. The quantitative estimate of drug-likeness (QED) is 0.774. The van der Waals surface area contributed by atoms with Crippen molar-refractivity contribution in [1.82, 2.24) is 15.4 Å². The molecule has 84 valence electrons. The molecule has 0 saturated heterocycles. The number of nitrogens with one attached hydrogen (secondary N) is 1. The summed E-state index contributed by atoms with van der Waals surface area (Å²) >= 11 is 0. The number of oxazole rings is 1. The first-order chi connectivity index (χ1) is 7.56. The van der Waals surface area contributed by atoms with E-state index < -0.39 is 0 Å². The van der Waals surface area contributed by atoms with Crippen molar-refractivity contribution in [3.05, 3.63) is 29.7 Å². The van der Waals surface area contributed by atoms with Gasteiger partial charge in [-0.15, -0.1) is 0 Å². The van der Waals surface area contributed by atoms with E-state index in [1.165, 1.54) is 0 Å². The Balaban J connectivity index is 2.35. The lowest BCUT2D eigenvalue weighted by Crippen LogP contribution is -2.36. The zero-order chi connectivity index (χ0) is 11.7. The van der Waals surface area contributed by atoms with Crippen LogP contribution in [0.15, 0.2) is 22.6 Å². The summed E-state index contributed by atoms with van der Waals surface area (Å²) in [5, 5.41) is 1.60. The van der Waals surface area contributed by atoms with Crippen LogP contribution in [0.1, 0.15) is 16.2 Å². The van der Waals surface area contributed by atoms with E-state index in [9.17, 15) is 4.79 Å². The number of aryl methyl sites for hydroxylation is 1. The fourth-order valence-corrected chi connectivity index (χ4v) is 1.45. The van der Waals surface area contributed by atoms with Gasteiger partial charge in [-0.3, -0.25) is 10.2 Å². The largest absolute Gasteiger partial charge is 0.441 e. The molecule has 2 rings (SSSR count). The second-order valence-corrected chi connectivity index (χ2v) is 3.75. The van der Waals surface area contributed by atoms with Crippen LogP contribution in [0.25, 0.3) is 11.1 Å². The lowest BCUT2D eigenvalue weighted by atomic mass is 10.2. The van der Waals surface area contributed by atoms with Crippen molar-refractivity contribution >= 4 is 17.0 Å². The Hall–Kier alpha value is -1.88. The van der Waals surface area contributed by atoms with Crippen molar-refractivity contribution in [2.24, 2.45) is 0 Å². The molecule has 0 aliphatic carbocycles. The second-order valence-electron chi connectivity index (χ2n) is 3.75. The van der Waals surface area contributed by atoms with E-state index in [0.29, 0.717) is 22.6 Å². The van der Waals surface area contributed by atoms with Gasteiger partial charge in [-0.1, -0.05) is 0 Å². The van der Waals surface area contributed by atoms with E-state index in [-0.39, 0.29) is 5.91 Å². The third-order valence-corrected chi connectivity index (χ3v) is 2.08. The Bertz CT molecular complexity index is 531. The maximum absolute atomic E-state index is 11.7. The van der Waals surface area contributed by atoms with Crippen LogP contribution in [-0.4, -0.2) is 30.0 Å². The Morgan fingerprint density at radius 3 is 2.88 bits per heavy atom. The molecule has 1 aromatic heterocycles. The average Bonchev–Trinajstić information content (AvgIpc) is 2.55. The molecule has 0 bridgehead atoms. The molecule has 1 N–H and O–H groups in total. The Morgan fingerprint density at radius 1 is 1.44 bits per heavy atom. The number of aromatic nitrogens is 1. The number of nitrogens with zero attached hydrogens (tertiary/aromatic N) is 2. The molecule has 5 heteroatoms. The third kappa shape index (κ3) is 2.04. The van der Waals surface area contributed by atoms with Gasteiger partial charge in [0.15, 0.2) is 11.5 Å². The van der Waals surface area contributed by atoms with Gasteiger partial charge >= 0.3 is 0 Å². The highest BCUT2D eigenvalue weighted by Crippen LogP contribution is 2.16. The van der Waals surface area contributed by atoms with E-state index in [2.05, 4.69) is 10.4 Å². The molecule has 1 heterocycles. The third-order valence-electron chi connectivity index (χ3n) is 2.08. The standard InChI is InChI=1S/C11H13N3O2/c1-7-12-9-6-8(4-5-10(9)16-7)11(15)13-14(2)3/h4-6H,1-3H3,(H,13,15). The van der Waals surface area contributed by atoms with Gasteiger partial charge in [0.25, 0.3) is 5.91 Å². The van der Waals surface area contributed by atoms with Crippen molar-refractivity contribution in [3.8, 4) is 0 Å². The lowest BCUT2D eigenvalue weighted by Gasteiger charge is -2.11. The smallest absolute Gasteiger partial charge is 0.265 e. The van der Waals surface area contributed by atoms with Crippen LogP contribution in [0.4, 0.5) is 0 Å². The second kappa shape index (κ2) is 3.94. The summed E-state index contributed by atoms with van der Waals surface area (Å²) in [6.07, 6.45) is 0. The molecular formula is C11H13N3O2. The zero-order valence-corrected chi connectivity index (χ0v) is 9.44. The highest BCUT2D eigenvalue weighted by Gasteiger charge is 2.09. The minimum absolute atomic E-state index is 0.160. The molecule has 16 heavy (non-hydrogen) atoms. The number of hydrazine groups is 1. The average molecular weight is 219 g/mol. The first-order valence-electron chi connectivity index (χ1n) is 4.92. The minimum Gasteiger partial charge on any atom is -0.441 e. The summed E-state index contributed by atoms with van der Waals surface area (Å²) in [7, 11) is 3.52. The summed E-state index contributed by atoms with van der Waals surface area (Å²) in [4.78, 5) is 15.9. The lowest BCUT2D eigenvalue weighted by molar-refractivity contribution is 0.0857. The van der Waals surface area contributed by atoms with E-state index in [0.717, 1.165) is 0 Å². The number of carbonyl (C=O) groups is 1. The number of hydrogen-bond donors (Lipinski definition) is 1. The number of amides is 1. The fraction of sp³-hybridized carbons (Fsp3) is 0.273. The van der Waals surface area contributed by atoms with Crippen molar-refractivity contribution in [2.45, 2.75) is 6.92 Å². The van der Waals surface area contributed by atoms with Gasteiger partial charge in [0, 0.05) is 26.6 Å². The van der Waals surface area contributed by atoms with E-state index in [1.54, 1.807) is 44.2 Å². The molecule has 0 fully saturated rings. The topological polar surface area (TPSA) is 58.4 Å². The molecule has 2 aromatic rings. The first-order valence-corrected chi connectivity index (χ1v) is 4.92. The van der Waals surface area contributed by atoms with Crippen molar-refractivity contribution in [1.29, 1.82) is 0 Å². The molecule has 1 aromatic carbocycles. The first kappa shape index (κ1) is 10.6. The van der Waals surface area contributed by atoms with Gasteiger partial charge in [0.1, 0.15) is 5.52 Å². The minimum atomic E-state index is -0.160. The Morgan fingerprint density at radius 2 is 2.19 bits per heavy atom. The van der Waals surface area contributed by atoms with E-state index >= 15 is 0 Å². The maximum Gasteiger partial charge on any atom is 0.265 e. The highest BCUT2D eigenvalue weighted by molar-refractivity contribution is 5.96. The fourth-order valence-electron chi connectivity index (χ4n) is 1.45. The maximum atomic E-state index is 11.7. The zero-order valence-electron chi connectivity index (χ0n) is 9.44. The Kier molecular flexibility index (Phi) is 2.62. The van der Waals surface area contributed by atoms with Gasteiger partial charge in [0.2, 0.25) is 0 Å². The normalized spacial score (nSPS) is 11.0. The number of rotatable bonds is 2. The van der Waals surface area contributed by atoms with Gasteiger partial charge in [-0.25, -0.2) is 9.99 Å².